The quantitative estimate of drug-likeness (QED) is 0.563. The van der Waals surface area contributed by atoms with Crippen LogP contribution in [-0.2, 0) is 11.8 Å². The predicted molar refractivity (Wildman–Crippen MR) is 130 cm³/mol. The molecule has 1 saturated heterocycles. The average molecular weight is 471 g/mol. The minimum absolute atomic E-state index is 0.0675. The number of aromatic nitrogens is 3. The van der Waals surface area contributed by atoms with Crippen LogP contribution < -0.4 is 20.5 Å². The van der Waals surface area contributed by atoms with Gasteiger partial charge in [0.05, 0.1) is 11.7 Å². The number of hydrogen-bond donors (Lipinski definition) is 1. The summed E-state index contributed by atoms with van der Waals surface area (Å²) in [5.41, 5.74) is 1.20. The van der Waals surface area contributed by atoms with E-state index in [4.69, 9.17) is 16.3 Å². The Hall–Kier alpha value is -3.17. The van der Waals surface area contributed by atoms with E-state index in [1.165, 1.54) is 4.57 Å². The molecular formula is C23H27ClN6O3. The van der Waals surface area contributed by atoms with Gasteiger partial charge in [-0.25, -0.2) is 4.98 Å². The van der Waals surface area contributed by atoms with E-state index in [1.807, 2.05) is 18.2 Å². The molecule has 0 spiro atoms. The maximum atomic E-state index is 12.6. The van der Waals surface area contributed by atoms with Crippen molar-refractivity contribution in [1.82, 2.24) is 19.4 Å². The number of nitrogens with zero attached hydrogens (tertiary/aromatic N) is 5. The van der Waals surface area contributed by atoms with Gasteiger partial charge in [-0.15, -0.1) is 0 Å². The van der Waals surface area contributed by atoms with Gasteiger partial charge in [-0.3, -0.25) is 9.59 Å². The number of anilines is 3. The second kappa shape index (κ2) is 9.76. The molecule has 1 N–H and O–H groups in total. The van der Waals surface area contributed by atoms with Gasteiger partial charge in [0.2, 0.25) is 5.95 Å². The van der Waals surface area contributed by atoms with E-state index in [-0.39, 0.29) is 23.7 Å². The minimum Gasteiger partial charge on any atom is -0.480 e. The highest BCUT2D eigenvalue weighted by atomic mass is 35.5. The third kappa shape index (κ3) is 5.09. The molecule has 0 unspecified atom stereocenters. The molecular weight excluding hydrogens is 444 g/mol. The molecule has 33 heavy (non-hydrogen) atoms. The van der Waals surface area contributed by atoms with Crippen molar-refractivity contribution in [3.05, 3.63) is 45.8 Å². The Morgan fingerprint density at radius 3 is 2.67 bits per heavy atom. The molecule has 3 heterocycles. The first-order valence-corrected chi connectivity index (χ1v) is 11.2. The second-order valence-corrected chi connectivity index (χ2v) is 8.52. The van der Waals surface area contributed by atoms with E-state index in [2.05, 4.69) is 32.1 Å². The van der Waals surface area contributed by atoms with Crippen molar-refractivity contribution in [3.8, 4) is 5.75 Å². The molecule has 174 valence electrons. The van der Waals surface area contributed by atoms with Gasteiger partial charge < -0.3 is 24.4 Å². The SMILES string of the molecule is CCC(=O)COc1cc2cc(Nc3nc(N4CCN(C)CC4)ncc3Cl)ccc2n(C)c1=O. The van der Waals surface area contributed by atoms with Gasteiger partial charge in [0.15, 0.2) is 17.4 Å². The van der Waals surface area contributed by atoms with Crippen molar-refractivity contribution in [1.29, 1.82) is 0 Å². The standard InChI is InChI=1S/C23H27ClN6O3/c1-4-17(31)14-33-20-12-15-11-16(5-6-19(15)29(3)22(20)32)26-21-18(24)13-25-23(27-21)30-9-7-28(2)8-10-30/h5-6,11-13H,4,7-10,14H2,1-3H3,(H,25,26,27). The zero-order chi connectivity index (χ0) is 23.5. The molecule has 0 aliphatic carbocycles. The number of piperazine rings is 1. The molecule has 1 aliphatic rings. The number of fused-ring (bicyclic) bond motifs is 1. The summed E-state index contributed by atoms with van der Waals surface area (Å²) in [7, 11) is 3.77. The largest absolute Gasteiger partial charge is 0.480 e. The predicted octanol–water partition coefficient (Wildman–Crippen LogP) is 2.84. The molecule has 0 atom stereocenters. The van der Waals surface area contributed by atoms with Gasteiger partial charge in [0.25, 0.3) is 5.56 Å². The summed E-state index contributed by atoms with van der Waals surface area (Å²) in [6.45, 7) is 5.24. The van der Waals surface area contributed by atoms with Gasteiger partial charge >= 0.3 is 0 Å². The van der Waals surface area contributed by atoms with Crippen LogP contribution in [0.4, 0.5) is 17.5 Å². The first-order chi connectivity index (χ1) is 15.9. The minimum atomic E-state index is -0.289. The normalized spacial score (nSPS) is 14.5. The third-order valence-electron chi connectivity index (χ3n) is 5.75. The average Bonchev–Trinajstić information content (AvgIpc) is 2.82. The number of carbonyl (C=O) groups excluding carboxylic acids is 1. The zero-order valence-electron chi connectivity index (χ0n) is 19.0. The van der Waals surface area contributed by atoms with Crippen molar-refractivity contribution >= 4 is 45.7 Å². The number of nitrogens with one attached hydrogen (secondary N) is 1. The van der Waals surface area contributed by atoms with Gasteiger partial charge in [-0.1, -0.05) is 18.5 Å². The summed E-state index contributed by atoms with van der Waals surface area (Å²) in [5.74, 6) is 1.22. The van der Waals surface area contributed by atoms with Gasteiger partial charge in [-0.05, 0) is 31.3 Å². The number of ether oxygens (including phenoxy) is 1. The first kappa shape index (κ1) is 23.0. The van der Waals surface area contributed by atoms with Crippen LogP contribution in [0.25, 0.3) is 10.9 Å². The van der Waals surface area contributed by atoms with Crippen LogP contribution >= 0.6 is 11.6 Å². The van der Waals surface area contributed by atoms with Crippen LogP contribution in [0.1, 0.15) is 13.3 Å². The molecule has 0 amide bonds. The number of hydrogen-bond acceptors (Lipinski definition) is 8. The lowest BCUT2D eigenvalue weighted by Crippen LogP contribution is -2.45. The first-order valence-electron chi connectivity index (χ1n) is 10.9. The topological polar surface area (TPSA) is 92.6 Å². The summed E-state index contributed by atoms with van der Waals surface area (Å²) < 4.78 is 7.00. The molecule has 1 aliphatic heterocycles. The van der Waals surface area contributed by atoms with Crippen molar-refractivity contribution in [2.75, 3.05) is 50.1 Å². The second-order valence-electron chi connectivity index (χ2n) is 8.11. The van der Waals surface area contributed by atoms with Gasteiger partial charge in [0, 0.05) is 50.7 Å². The van der Waals surface area contributed by atoms with Gasteiger partial charge in [-0.2, -0.15) is 4.98 Å². The van der Waals surface area contributed by atoms with Crippen molar-refractivity contribution in [2.24, 2.45) is 7.05 Å². The number of benzene rings is 1. The molecule has 10 heteroatoms. The van der Waals surface area contributed by atoms with Crippen LogP contribution in [-0.4, -0.2) is 65.1 Å². The summed E-state index contributed by atoms with van der Waals surface area (Å²) in [5, 5.41) is 4.46. The van der Waals surface area contributed by atoms with E-state index in [9.17, 15) is 9.59 Å². The molecule has 3 aromatic rings. The summed E-state index contributed by atoms with van der Waals surface area (Å²) in [6.07, 6.45) is 1.96. The van der Waals surface area contributed by atoms with Crippen molar-refractivity contribution in [2.45, 2.75) is 13.3 Å². The Labute approximate surface area is 196 Å². The van der Waals surface area contributed by atoms with Crippen LogP contribution in [0.2, 0.25) is 5.02 Å². The van der Waals surface area contributed by atoms with Crippen LogP contribution in [0, 0.1) is 0 Å². The Morgan fingerprint density at radius 2 is 1.94 bits per heavy atom. The highest BCUT2D eigenvalue weighted by Gasteiger charge is 2.18. The van der Waals surface area contributed by atoms with Crippen LogP contribution in [0.5, 0.6) is 5.75 Å². The number of halogens is 1. The fourth-order valence-electron chi connectivity index (χ4n) is 3.64. The number of likely N-dealkylation sites (N-methyl/N-ethyl adjacent to an activating group) is 1. The third-order valence-corrected chi connectivity index (χ3v) is 6.03. The van der Waals surface area contributed by atoms with E-state index in [1.54, 1.807) is 26.2 Å². The molecule has 1 aromatic carbocycles. The molecule has 1 fully saturated rings. The van der Waals surface area contributed by atoms with E-state index >= 15 is 0 Å². The number of Topliss-reactive ketones (excluding diaryl/α,β-unsaturated/α-hetero) is 1. The molecule has 2 aromatic heterocycles. The number of rotatable bonds is 7. The fraction of sp³-hybridized carbons (Fsp3) is 0.391. The number of carbonyl (C=O) groups is 1. The molecule has 4 rings (SSSR count). The Morgan fingerprint density at radius 1 is 1.18 bits per heavy atom. The number of aryl methyl sites for hydroxylation is 1. The van der Waals surface area contributed by atoms with Crippen LogP contribution in [0.15, 0.2) is 35.3 Å². The lowest BCUT2D eigenvalue weighted by Gasteiger charge is -2.32. The fourth-order valence-corrected chi connectivity index (χ4v) is 3.77. The Balaban J connectivity index is 1.61. The number of ketones is 1. The maximum absolute atomic E-state index is 12.6. The molecule has 9 nitrogen and oxygen atoms in total. The highest BCUT2D eigenvalue weighted by Crippen LogP contribution is 2.28. The van der Waals surface area contributed by atoms with E-state index < -0.39 is 0 Å². The monoisotopic (exact) mass is 470 g/mol. The van der Waals surface area contributed by atoms with Crippen molar-refractivity contribution < 1.29 is 9.53 Å². The van der Waals surface area contributed by atoms with E-state index in [0.717, 1.165) is 42.8 Å². The lowest BCUT2D eigenvalue weighted by atomic mass is 10.2. The Kier molecular flexibility index (Phi) is 6.80. The lowest BCUT2D eigenvalue weighted by molar-refractivity contribution is -0.120. The number of pyridine rings is 1. The Bertz CT molecular complexity index is 1240. The summed E-state index contributed by atoms with van der Waals surface area (Å²) in [6, 6.07) is 7.24. The summed E-state index contributed by atoms with van der Waals surface area (Å²) >= 11 is 6.37. The highest BCUT2D eigenvalue weighted by molar-refractivity contribution is 6.32. The van der Waals surface area contributed by atoms with Crippen molar-refractivity contribution in [3.63, 3.8) is 0 Å². The molecule has 0 radical (unpaired) electrons. The molecule has 0 saturated carbocycles. The smallest absolute Gasteiger partial charge is 0.293 e. The zero-order valence-corrected chi connectivity index (χ0v) is 19.7. The molecule has 0 bridgehead atoms. The van der Waals surface area contributed by atoms with Crippen LogP contribution in [0.3, 0.4) is 0 Å². The maximum Gasteiger partial charge on any atom is 0.293 e. The van der Waals surface area contributed by atoms with E-state index in [0.29, 0.717) is 23.2 Å². The van der Waals surface area contributed by atoms with Gasteiger partial charge in [0.1, 0.15) is 11.6 Å². The summed E-state index contributed by atoms with van der Waals surface area (Å²) in [4.78, 5) is 37.6.